The summed E-state index contributed by atoms with van der Waals surface area (Å²) in [6.07, 6.45) is 0. The normalized spacial score (nSPS) is 10.8. The van der Waals surface area contributed by atoms with Gasteiger partial charge in [-0.2, -0.15) is 0 Å². The van der Waals surface area contributed by atoms with Crippen molar-refractivity contribution < 1.29 is 0 Å². The summed E-state index contributed by atoms with van der Waals surface area (Å²) in [6.45, 7) is 0. The molecule has 3 heterocycles. The van der Waals surface area contributed by atoms with Crippen molar-refractivity contribution in [2.24, 2.45) is 0 Å². The highest BCUT2D eigenvalue weighted by Crippen LogP contribution is 2.35. The van der Waals surface area contributed by atoms with Gasteiger partial charge < -0.3 is 0 Å². The van der Waals surface area contributed by atoms with E-state index in [0.29, 0.717) is 0 Å². The second kappa shape index (κ2) is 4.41. The van der Waals surface area contributed by atoms with Gasteiger partial charge in [0.05, 0.1) is 19.2 Å². The first-order valence-electron chi connectivity index (χ1n) is 4.58. The van der Waals surface area contributed by atoms with E-state index in [9.17, 15) is 0 Å². The molecule has 0 aliphatic rings. The smallest absolute Gasteiger partial charge is 0.134 e. The van der Waals surface area contributed by atoms with Crippen LogP contribution < -0.4 is 0 Å². The second-order valence-corrected chi connectivity index (χ2v) is 7.39. The van der Waals surface area contributed by atoms with E-state index in [4.69, 9.17) is 0 Å². The fraction of sp³-hybridized carbons (Fsp3) is 0. The molecule has 0 N–H and O–H groups in total. The summed E-state index contributed by atoms with van der Waals surface area (Å²) >= 11 is 8.62. The third-order valence-electron chi connectivity index (χ3n) is 2.06. The van der Waals surface area contributed by atoms with Crippen molar-refractivity contribution in [2.75, 3.05) is 0 Å². The molecule has 0 saturated heterocycles. The predicted molar refractivity (Wildman–Crippen MR) is 76.4 cm³/mol. The number of aromatic nitrogens is 1. The summed E-state index contributed by atoms with van der Waals surface area (Å²) in [5.41, 5.74) is 1.07. The SMILES string of the molecule is Brc1ccc(-c2csc(-c3cccs3)n2)s1. The van der Waals surface area contributed by atoms with Crippen LogP contribution in [0.5, 0.6) is 0 Å². The van der Waals surface area contributed by atoms with E-state index in [2.05, 4.69) is 55.9 Å². The van der Waals surface area contributed by atoms with Crippen LogP contribution in [-0.4, -0.2) is 4.98 Å². The lowest BCUT2D eigenvalue weighted by molar-refractivity contribution is 1.44. The fourth-order valence-electron chi connectivity index (χ4n) is 1.35. The summed E-state index contributed by atoms with van der Waals surface area (Å²) in [5, 5.41) is 5.31. The van der Waals surface area contributed by atoms with E-state index >= 15 is 0 Å². The van der Waals surface area contributed by atoms with E-state index in [1.807, 2.05) is 0 Å². The van der Waals surface area contributed by atoms with Crippen LogP contribution in [0.1, 0.15) is 0 Å². The van der Waals surface area contributed by atoms with E-state index in [0.717, 1.165) is 14.5 Å². The molecule has 0 atom stereocenters. The standard InChI is InChI=1S/C11H6BrNS3/c12-10-4-3-8(16-10)7-6-15-11(13-7)9-2-1-5-14-9/h1-6H. The van der Waals surface area contributed by atoms with Crippen LogP contribution >= 0.6 is 49.9 Å². The first kappa shape index (κ1) is 10.7. The van der Waals surface area contributed by atoms with Crippen LogP contribution in [0, 0.1) is 0 Å². The van der Waals surface area contributed by atoms with E-state index in [1.165, 1.54) is 9.75 Å². The zero-order chi connectivity index (χ0) is 11.0. The summed E-state index contributed by atoms with van der Waals surface area (Å²) in [6, 6.07) is 8.33. The molecule has 16 heavy (non-hydrogen) atoms. The van der Waals surface area contributed by atoms with E-state index in [1.54, 1.807) is 34.0 Å². The molecular weight excluding hydrogens is 322 g/mol. The maximum Gasteiger partial charge on any atom is 0.134 e. The van der Waals surface area contributed by atoms with Gasteiger partial charge in [0.25, 0.3) is 0 Å². The van der Waals surface area contributed by atoms with Crippen molar-refractivity contribution in [2.45, 2.75) is 0 Å². The van der Waals surface area contributed by atoms with Crippen molar-refractivity contribution in [1.82, 2.24) is 4.98 Å². The summed E-state index contributed by atoms with van der Waals surface area (Å²) in [5.74, 6) is 0. The lowest BCUT2D eigenvalue weighted by Gasteiger charge is -1.88. The van der Waals surface area contributed by atoms with Crippen molar-refractivity contribution in [1.29, 1.82) is 0 Å². The van der Waals surface area contributed by atoms with Crippen LogP contribution in [-0.2, 0) is 0 Å². The number of thiazole rings is 1. The molecule has 80 valence electrons. The first-order valence-corrected chi connectivity index (χ1v) is 7.95. The first-order chi connectivity index (χ1) is 7.83. The molecule has 1 nitrogen and oxygen atoms in total. The van der Waals surface area contributed by atoms with Crippen molar-refractivity contribution in [3.8, 4) is 20.5 Å². The largest absolute Gasteiger partial charge is 0.234 e. The van der Waals surface area contributed by atoms with Gasteiger partial charge in [0.1, 0.15) is 5.01 Å². The minimum absolute atomic E-state index is 1.07. The van der Waals surface area contributed by atoms with E-state index in [-0.39, 0.29) is 0 Å². The minimum atomic E-state index is 1.07. The monoisotopic (exact) mass is 327 g/mol. The number of thiophene rings is 2. The van der Waals surface area contributed by atoms with Gasteiger partial charge in [0.2, 0.25) is 0 Å². The van der Waals surface area contributed by atoms with Gasteiger partial charge >= 0.3 is 0 Å². The Morgan fingerprint density at radius 2 is 2.00 bits per heavy atom. The third kappa shape index (κ3) is 2.00. The third-order valence-corrected chi connectivity index (χ3v) is 5.59. The second-order valence-electron chi connectivity index (χ2n) is 3.12. The van der Waals surface area contributed by atoms with Crippen LogP contribution in [0.15, 0.2) is 38.8 Å². The van der Waals surface area contributed by atoms with Gasteiger partial charge in [-0.05, 0) is 39.5 Å². The molecule has 0 aliphatic carbocycles. The molecule has 5 heteroatoms. The van der Waals surface area contributed by atoms with Gasteiger partial charge in [-0.15, -0.1) is 34.0 Å². The van der Waals surface area contributed by atoms with E-state index < -0.39 is 0 Å². The van der Waals surface area contributed by atoms with Crippen LogP contribution in [0.25, 0.3) is 20.5 Å². The van der Waals surface area contributed by atoms with Crippen LogP contribution in [0.3, 0.4) is 0 Å². The molecule has 3 aromatic rings. The molecule has 0 aliphatic heterocycles. The van der Waals surface area contributed by atoms with Crippen LogP contribution in [0.2, 0.25) is 0 Å². The highest BCUT2D eigenvalue weighted by atomic mass is 79.9. The number of hydrogen-bond donors (Lipinski definition) is 0. The van der Waals surface area contributed by atoms with Crippen molar-refractivity contribution >= 4 is 49.9 Å². The van der Waals surface area contributed by atoms with Gasteiger partial charge in [0.15, 0.2) is 0 Å². The van der Waals surface area contributed by atoms with Gasteiger partial charge in [-0.25, -0.2) is 4.98 Å². The Morgan fingerprint density at radius 1 is 1.06 bits per heavy atom. The Hall–Kier alpha value is -0.490. The molecular formula is C11H6BrNS3. The molecule has 0 amide bonds. The highest BCUT2D eigenvalue weighted by molar-refractivity contribution is 9.11. The van der Waals surface area contributed by atoms with Gasteiger partial charge in [-0.1, -0.05) is 6.07 Å². The van der Waals surface area contributed by atoms with Crippen molar-refractivity contribution in [3.05, 3.63) is 38.8 Å². The topological polar surface area (TPSA) is 12.9 Å². The maximum absolute atomic E-state index is 4.65. The zero-order valence-corrected chi connectivity index (χ0v) is 12.0. The molecule has 0 aromatic carbocycles. The molecule has 0 unspecified atom stereocenters. The zero-order valence-electron chi connectivity index (χ0n) is 8.01. The number of hydrogen-bond acceptors (Lipinski definition) is 4. The molecule has 0 radical (unpaired) electrons. The number of rotatable bonds is 2. The minimum Gasteiger partial charge on any atom is -0.234 e. The lowest BCUT2D eigenvalue weighted by Crippen LogP contribution is -1.72. The Kier molecular flexibility index (Phi) is 2.93. The summed E-state index contributed by atoms with van der Waals surface area (Å²) in [4.78, 5) is 7.11. The van der Waals surface area contributed by atoms with Gasteiger partial charge in [-0.3, -0.25) is 0 Å². The van der Waals surface area contributed by atoms with Gasteiger partial charge in [0, 0.05) is 5.38 Å². The maximum atomic E-state index is 4.65. The molecule has 0 bridgehead atoms. The molecule has 0 fully saturated rings. The summed E-state index contributed by atoms with van der Waals surface area (Å²) in [7, 11) is 0. The van der Waals surface area contributed by atoms with Crippen LogP contribution in [0.4, 0.5) is 0 Å². The highest BCUT2D eigenvalue weighted by Gasteiger charge is 2.08. The lowest BCUT2D eigenvalue weighted by atomic mass is 10.4. The average Bonchev–Trinajstić information content (AvgIpc) is 2.97. The Balaban J connectivity index is 2.00. The molecule has 0 saturated carbocycles. The Labute approximate surface area is 114 Å². The van der Waals surface area contributed by atoms with Crippen molar-refractivity contribution in [3.63, 3.8) is 0 Å². The molecule has 3 rings (SSSR count). The predicted octanol–water partition coefficient (Wildman–Crippen LogP) is 5.36. The number of halogens is 1. The quantitative estimate of drug-likeness (QED) is 0.617. The Morgan fingerprint density at radius 3 is 2.69 bits per heavy atom. The fourth-order valence-corrected chi connectivity index (χ4v) is 4.41. The Bertz CT molecular complexity index is 594. The molecule has 0 spiro atoms. The summed E-state index contributed by atoms with van der Waals surface area (Å²) < 4.78 is 1.15. The molecule has 3 aromatic heterocycles. The average molecular weight is 328 g/mol. The number of nitrogens with zero attached hydrogens (tertiary/aromatic N) is 1.